The van der Waals surface area contributed by atoms with Crippen LogP contribution < -0.4 is 14.8 Å². The topological polar surface area (TPSA) is 30.5 Å². The molecule has 1 aromatic rings. The molecule has 1 aromatic carbocycles. The van der Waals surface area contributed by atoms with E-state index < -0.39 is 0 Å². The first-order valence-electron chi connectivity index (χ1n) is 7.41. The minimum Gasteiger partial charge on any atom is -0.490 e. The summed E-state index contributed by atoms with van der Waals surface area (Å²) in [6.07, 6.45) is 2.54. The summed E-state index contributed by atoms with van der Waals surface area (Å²) in [5.74, 6) is 1.61. The third-order valence-corrected chi connectivity index (χ3v) is 3.54. The number of hydrogen-bond donors (Lipinski definition) is 1. The molecule has 0 heterocycles. The van der Waals surface area contributed by atoms with E-state index in [2.05, 4.69) is 34.2 Å². The lowest BCUT2D eigenvalue weighted by Crippen LogP contribution is -2.15. The highest BCUT2D eigenvalue weighted by atomic mass is 79.9. The SMILES string of the molecule is CCCCNCc1cc(OCC)c(OC(C)C)cc1Br. The molecule has 4 heteroatoms. The Morgan fingerprint density at radius 3 is 2.55 bits per heavy atom. The van der Waals surface area contributed by atoms with Gasteiger partial charge >= 0.3 is 0 Å². The number of hydrogen-bond acceptors (Lipinski definition) is 3. The van der Waals surface area contributed by atoms with E-state index in [1.165, 1.54) is 18.4 Å². The van der Waals surface area contributed by atoms with Gasteiger partial charge in [-0.2, -0.15) is 0 Å². The van der Waals surface area contributed by atoms with Crippen LogP contribution in [0.5, 0.6) is 11.5 Å². The lowest BCUT2D eigenvalue weighted by Gasteiger charge is -2.17. The Balaban J connectivity index is 2.82. The van der Waals surface area contributed by atoms with Crippen molar-refractivity contribution in [3.8, 4) is 11.5 Å². The summed E-state index contributed by atoms with van der Waals surface area (Å²) in [6, 6.07) is 4.06. The molecule has 114 valence electrons. The smallest absolute Gasteiger partial charge is 0.162 e. The van der Waals surface area contributed by atoms with Crippen LogP contribution in [0, 0.1) is 0 Å². The zero-order valence-corrected chi connectivity index (χ0v) is 14.5. The summed E-state index contributed by atoms with van der Waals surface area (Å²) in [6.45, 7) is 10.7. The quantitative estimate of drug-likeness (QED) is 0.668. The molecular weight excluding hydrogens is 318 g/mol. The Bertz CT molecular complexity index is 408. The number of rotatable bonds is 9. The van der Waals surface area contributed by atoms with Gasteiger partial charge in [0, 0.05) is 11.0 Å². The van der Waals surface area contributed by atoms with E-state index in [0.29, 0.717) is 6.61 Å². The van der Waals surface area contributed by atoms with Crippen LogP contribution in [0.25, 0.3) is 0 Å². The second kappa shape index (κ2) is 9.24. The standard InChI is InChI=1S/C16H26BrNO2/c1-5-7-8-18-11-13-9-15(19-6-2)16(10-14(13)17)20-12(3)4/h9-10,12,18H,5-8,11H2,1-4H3. The first-order chi connectivity index (χ1) is 9.58. The summed E-state index contributed by atoms with van der Waals surface area (Å²) in [4.78, 5) is 0. The van der Waals surface area contributed by atoms with Crippen LogP contribution in [0.2, 0.25) is 0 Å². The minimum absolute atomic E-state index is 0.134. The van der Waals surface area contributed by atoms with Crippen molar-refractivity contribution in [2.45, 2.75) is 53.2 Å². The maximum Gasteiger partial charge on any atom is 0.162 e. The van der Waals surface area contributed by atoms with Crippen molar-refractivity contribution in [2.24, 2.45) is 0 Å². The molecule has 3 nitrogen and oxygen atoms in total. The predicted octanol–water partition coefficient (Wildman–Crippen LogP) is 4.52. The highest BCUT2D eigenvalue weighted by molar-refractivity contribution is 9.10. The lowest BCUT2D eigenvalue weighted by atomic mass is 10.2. The van der Waals surface area contributed by atoms with E-state index in [1.54, 1.807) is 0 Å². The molecule has 0 aromatic heterocycles. The molecule has 0 aliphatic rings. The van der Waals surface area contributed by atoms with Crippen LogP contribution in [-0.2, 0) is 6.54 Å². The van der Waals surface area contributed by atoms with E-state index in [1.807, 2.05) is 26.8 Å². The van der Waals surface area contributed by atoms with Gasteiger partial charge < -0.3 is 14.8 Å². The third-order valence-electron chi connectivity index (χ3n) is 2.80. The summed E-state index contributed by atoms with van der Waals surface area (Å²) >= 11 is 3.62. The van der Waals surface area contributed by atoms with Crippen molar-refractivity contribution < 1.29 is 9.47 Å². The molecule has 0 unspecified atom stereocenters. The molecule has 1 N–H and O–H groups in total. The fraction of sp³-hybridized carbons (Fsp3) is 0.625. The molecule has 0 bridgehead atoms. The first kappa shape index (κ1) is 17.3. The lowest BCUT2D eigenvalue weighted by molar-refractivity contribution is 0.223. The molecule has 0 saturated heterocycles. The van der Waals surface area contributed by atoms with Crippen molar-refractivity contribution in [1.29, 1.82) is 0 Å². The second-order valence-electron chi connectivity index (χ2n) is 5.02. The Morgan fingerprint density at radius 2 is 1.95 bits per heavy atom. The van der Waals surface area contributed by atoms with Crippen molar-refractivity contribution >= 4 is 15.9 Å². The van der Waals surface area contributed by atoms with Gasteiger partial charge in [0.25, 0.3) is 0 Å². The predicted molar refractivity (Wildman–Crippen MR) is 87.7 cm³/mol. The monoisotopic (exact) mass is 343 g/mol. The zero-order chi connectivity index (χ0) is 15.0. The molecule has 0 atom stereocenters. The summed E-state index contributed by atoms with van der Waals surface area (Å²) in [7, 11) is 0. The second-order valence-corrected chi connectivity index (χ2v) is 5.87. The highest BCUT2D eigenvalue weighted by Gasteiger charge is 2.11. The Labute approximate surface area is 131 Å². The highest BCUT2D eigenvalue weighted by Crippen LogP contribution is 2.34. The number of nitrogens with one attached hydrogen (secondary N) is 1. The molecule has 1 rings (SSSR count). The van der Waals surface area contributed by atoms with E-state index in [-0.39, 0.29) is 6.10 Å². The first-order valence-corrected chi connectivity index (χ1v) is 8.20. The van der Waals surface area contributed by atoms with E-state index in [4.69, 9.17) is 9.47 Å². The van der Waals surface area contributed by atoms with Gasteiger partial charge in [0.1, 0.15) is 0 Å². The normalized spacial score (nSPS) is 10.9. The van der Waals surface area contributed by atoms with Crippen LogP contribution in [0.3, 0.4) is 0 Å². The van der Waals surface area contributed by atoms with Gasteiger partial charge in [-0.05, 0) is 51.4 Å². The van der Waals surface area contributed by atoms with Crippen LogP contribution in [-0.4, -0.2) is 19.3 Å². The molecule has 0 fully saturated rings. The maximum atomic E-state index is 5.80. The van der Waals surface area contributed by atoms with Crippen molar-refractivity contribution in [1.82, 2.24) is 5.32 Å². The molecular formula is C16H26BrNO2. The summed E-state index contributed by atoms with van der Waals surface area (Å²) < 4.78 is 12.5. The van der Waals surface area contributed by atoms with Crippen molar-refractivity contribution in [3.05, 3.63) is 22.2 Å². The van der Waals surface area contributed by atoms with Crippen molar-refractivity contribution in [2.75, 3.05) is 13.2 Å². The molecule has 0 spiro atoms. The molecule has 0 saturated carbocycles. The number of ether oxygens (including phenoxy) is 2. The average molecular weight is 344 g/mol. The number of benzene rings is 1. The number of halogens is 1. The Hall–Kier alpha value is -0.740. The van der Waals surface area contributed by atoms with Gasteiger partial charge in [-0.25, -0.2) is 0 Å². The van der Waals surface area contributed by atoms with Gasteiger partial charge in [-0.1, -0.05) is 29.3 Å². The van der Waals surface area contributed by atoms with Crippen LogP contribution >= 0.6 is 15.9 Å². The molecule has 0 aliphatic carbocycles. The van der Waals surface area contributed by atoms with E-state index in [0.717, 1.165) is 29.1 Å². The van der Waals surface area contributed by atoms with Crippen LogP contribution in [0.4, 0.5) is 0 Å². The minimum atomic E-state index is 0.134. The fourth-order valence-electron chi connectivity index (χ4n) is 1.85. The van der Waals surface area contributed by atoms with Crippen molar-refractivity contribution in [3.63, 3.8) is 0 Å². The van der Waals surface area contributed by atoms with Gasteiger partial charge in [-0.3, -0.25) is 0 Å². The molecule has 0 aliphatic heterocycles. The van der Waals surface area contributed by atoms with Gasteiger partial charge in [0.05, 0.1) is 12.7 Å². The molecule has 0 radical (unpaired) electrons. The summed E-state index contributed by atoms with van der Waals surface area (Å²) in [5.41, 5.74) is 1.20. The van der Waals surface area contributed by atoms with Gasteiger partial charge in [-0.15, -0.1) is 0 Å². The Morgan fingerprint density at radius 1 is 1.20 bits per heavy atom. The van der Waals surface area contributed by atoms with Crippen LogP contribution in [0.1, 0.15) is 46.1 Å². The van der Waals surface area contributed by atoms with E-state index >= 15 is 0 Å². The van der Waals surface area contributed by atoms with Gasteiger partial charge in [0.2, 0.25) is 0 Å². The number of unbranched alkanes of at least 4 members (excludes halogenated alkanes) is 1. The zero-order valence-electron chi connectivity index (χ0n) is 13.0. The van der Waals surface area contributed by atoms with Crippen LogP contribution in [0.15, 0.2) is 16.6 Å². The van der Waals surface area contributed by atoms with Gasteiger partial charge in [0.15, 0.2) is 11.5 Å². The Kier molecular flexibility index (Phi) is 8.00. The third kappa shape index (κ3) is 5.71. The average Bonchev–Trinajstić information content (AvgIpc) is 2.38. The van der Waals surface area contributed by atoms with E-state index in [9.17, 15) is 0 Å². The molecule has 0 amide bonds. The fourth-order valence-corrected chi connectivity index (χ4v) is 2.31. The molecule has 20 heavy (non-hydrogen) atoms. The summed E-state index contributed by atoms with van der Waals surface area (Å²) in [5, 5.41) is 3.45. The maximum absolute atomic E-state index is 5.80. The largest absolute Gasteiger partial charge is 0.490 e.